The normalized spacial score (nSPS) is 40.8. The van der Waals surface area contributed by atoms with Gasteiger partial charge in [-0.15, -0.1) is 0 Å². The van der Waals surface area contributed by atoms with E-state index < -0.39 is 0 Å². The second-order valence-corrected chi connectivity index (χ2v) is 4.13. The Kier molecular flexibility index (Phi) is 2.16. The van der Waals surface area contributed by atoms with Crippen LogP contribution in [0.25, 0.3) is 0 Å². The van der Waals surface area contributed by atoms with Crippen molar-refractivity contribution in [3.63, 3.8) is 0 Å². The molecule has 0 spiro atoms. The zero-order valence-corrected chi connectivity index (χ0v) is 6.73. The van der Waals surface area contributed by atoms with E-state index in [1.54, 1.807) is 0 Å². The summed E-state index contributed by atoms with van der Waals surface area (Å²) in [6.45, 7) is 3.70. The first kappa shape index (κ1) is 6.95. The van der Waals surface area contributed by atoms with Gasteiger partial charge in [0, 0.05) is 16.9 Å². The molecule has 0 saturated carbocycles. The Balaban J connectivity index is 1.95. The minimum absolute atomic E-state index is 0.674. The molecule has 2 unspecified atom stereocenters. The second-order valence-electron chi connectivity index (χ2n) is 2.78. The van der Waals surface area contributed by atoms with Gasteiger partial charge in [-0.25, -0.2) is 0 Å². The van der Waals surface area contributed by atoms with Gasteiger partial charge in [0.1, 0.15) is 0 Å². The molecule has 2 aliphatic rings. The van der Waals surface area contributed by atoms with E-state index in [1.807, 2.05) is 11.8 Å². The van der Waals surface area contributed by atoms with Gasteiger partial charge in [-0.1, -0.05) is 0 Å². The van der Waals surface area contributed by atoms with Gasteiger partial charge in [-0.3, -0.25) is 0 Å². The van der Waals surface area contributed by atoms with Crippen LogP contribution in [0.4, 0.5) is 0 Å². The monoisotopic (exact) mass is 160 g/mol. The molecule has 2 heterocycles. The van der Waals surface area contributed by atoms with Crippen molar-refractivity contribution in [1.29, 1.82) is 0 Å². The number of ether oxygens (including phenoxy) is 2. The van der Waals surface area contributed by atoms with Crippen LogP contribution in [0.15, 0.2) is 0 Å². The molecule has 2 fully saturated rings. The van der Waals surface area contributed by atoms with E-state index in [9.17, 15) is 0 Å². The number of fused-ring (bicyclic) bond motifs is 1. The maximum atomic E-state index is 5.41. The maximum absolute atomic E-state index is 5.41. The van der Waals surface area contributed by atoms with E-state index in [0.29, 0.717) is 5.92 Å². The molecule has 2 saturated heterocycles. The summed E-state index contributed by atoms with van der Waals surface area (Å²) in [6, 6.07) is 0. The van der Waals surface area contributed by atoms with Crippen LogP contribution in [0.5, 0.6) is 0 Å². The molecule has 2 rings (SSSR count). The average molecular weight is 160 g/mol. The van der Waals surface area contributed by atoms with Gasteiger partial charge in [-0.05, 0) is 0 Å². The minimum atomic E-state index is 0.674. The Morgan fingerprint density at radius 1 is 1.10 bits per heavy atom. The summed E-state index contributed by atoms with van der Waals surface area (Å²) in [5.41, 5.74) is 0. The van der Waals surface area contributed by atoms with E-state index in [0.717, 1.165) is 37.4 Å². The summed E-state index contributed by atoms with van der Waals surface area (Å²) >= 11 is 2.00. The smallest absolute Gasteiger partial charge is 0.0589 e. The van der Waals surface area contributed by atoms with Crippen molar-refractivity contribution < 1.29 is 9.47 Å². The fraction of sp³-hybridized carbons (Fsp3) is 1.00. The highest BCUT2D eigenvalue weighted by atomic mass is 32.2. The minimum Gasteiger partial charge on any atom is -0.380 e. The lowest BCUT2D eigenvalue weighted by molar-refractivity contribution is 0.103. The van der Waals surface area contributed by atoms with Crippen LogP contribution in [0, 0.1) is 5.92 Å². The predicted octanol–water partition coefficient (Wildman–Crippen LogP) is 0.765. The van der Waals surface area contributed by atoms with Crippen LogP contribution in [0.2, 0.25) is 0 Å². The van der Waals surface area contributed by atoms with E-state index in [4.69, 9.17) is 9.47 Å². The van der Waals surface area contributed by atoms with Crippen molar-refractivity contribution in [2.75, 3.05) is 32.2 Å². The van der Waals surface area contributed by atoms with Gasteiger partial charge in [-0.2, -0.15) is 11.8 Å². The van der Waals surface area contributed by atoms with E-state index in [2.05, 4.69) is 0 Å². The molecule has 0 aliphatic carbocycles. The third-order valence-corrected chi connectivity index (χ3v) is 3.38. The molecule has 0 N–H and O–H groups in total. The van der Waals surface area contributed by atoms with Crippen LogP contribution < -0.4 is 0 Å². The number of thioether (sulfide) groups is 1. The Hall–Kier alpha value is 0.270. The van der Waals surface area contributed by atoms with E-state index in [1.165, 1.54) is 0 Å². The Morgan fingerprint density at radius 3 is 3.00 bits per heavy atom. The Morgan fingerprint density at radius 2 is 2.00 bits per heavy atom. The van der Waals surface area contributed by atoms with Crippen LogP contribution in [0.1, 0.15) is 0 Å². The molecule has 0 aromatic heterocycles. The van der Waals surface area contributed by atoms with E-state index in [-0.39, 0.29) is 0 Å². The van der Waals surface area contributed by atoms with Gasteiger partial charge in [0.05, 0.1) is 26.4 Å². The van der Waals surface area contributed by atoms with Gasteiger partial charge in [0.2, 0.25) is 0 Å². The lowest BCUT2D eigenvalue weighted by atomic mass is 10.1. The summed E-state index contributed by atoms with van der Waals surface area (Å²) in [5.74, 6) is 1.82. The van der Waals surface area contributed by atoms with Crippen LogP contribution >= 0.6 is 11.8 Å². The molecule has 2 aliphatic heterocycles. The average Bonchev–Trinajstić information content (AvgIpc) is 2.28. The standard InChI is InChI=1S/C7H12O2S/c1-2-10-7-5-9-4-6(7)3-8-1/h6-7H,1-5H2. The summed E-state index contributed by atoms with van der Waals surface area (Å²) in [4.78, 5) is 0. The third-order valence-electron chi connectivity index (χ3n) is 2.03. The largest absolute Gasteiger partial charge is 0.380 e. The first-order valence-electron chi connectivity index (χ1n) is 3.74. The van der Waals surface area contributed by atoms with Crippen LogP contribution in [-0.2, 0) is 9.47 Å². The molecule has 58 valence electrons. The molecule has 2 nitrogen and oxygen atoms in total. The fourth-order valence-corrected chi connectivity index (χ4v) is 2.55. The molecule has 0 aromatic carbocycles. The molecular weight excluding hydrogens is 148 g/mol. The topological polar surface area (TPSA) is 18.5 Å². The highest BCUT2D eigenvalue weighted by Gasteiger charge is 2.30. The molecule has 0 aromatic rings. The highest BCUT2D eigenvalue weighted by molar-refractivity contribution is 8.00. The molecule has 3 heteroatoms. The lowest BCUT2D eigenvalue weighted by Crippen LogP contribution is -2.17. The molecule has 10 heavy (non-hydrogen) atoms. The van der Waals surface area contributed by atoms with Gasteiger partial charge in [0.25, 0.3) is 0 Å². The van der Waals surface area contributed by atoms with Crippen molar-refractivity contribution in [2.24, 2.45) is 5.92 Å². The zero-order valence-electron chi connectivity index (χ0n) is 5.91. The quantitative estimate of drug-likeness (QED) is 0.521. The molecule has 0 amide bonds. The van der Waals surface area contributed by atoms with Gasteiger partial charge < -0.3 is 9.47 Å². The number of hydrogen-bond donors (Lipinski definition) is 0. The van der Waals surface area contributed by atoms with Crippen molar-refractivity contribution in [3.05, 3.63) is 0 Å². The molecule has 2 atom stereocenters. The number of hydrogen-bond acceptors (Lipinski definition) is 3. The van der Waals surface area contributed by atoms with Crippen LogP contribution in [0.3, 0.4) is 0 Å². The van der Waals surface area contributed by atoms with Crippen molar-refractivity contribution in [1.82, 2.24) is 0 Å². The van der Waals surface area contributed by atoms with Crippen molar-refractivity contribution in [3.8, 4) is 0 Å². The second kappa shape index (κ2) is 3.11. The summed E-state index contributed by atoms with van der Waals surface area (Å²) in [7, 11) is 0. The van der Waals surface area contributed by atoms with Crippen LogP contribution in [-0.4, -0.2) is 37.4 Å². The predicted molar refractivity (Wildman–Crippen MR) is 41.4 cm³/mol. The Bertz CT molecular complexity index is 106. The van der Waals surface area contributed by atoms with Crippen molar-refractivity contribution >= 4 is 11.8 Å². The number of rotatable bonds is 0. The zero-order chi connectivity index (χ0) is 6.81. The summed E-state index contributed by atoms with van der Waals surface area (Å²) in [6.07, 6.45) is 0. The summed E-state index contributed by atoms with van der Waals surface area (Å²) in [5, 5.41) is 0.725. The maximum Gasteiger partial charge on any atom is 0.0589 e. The molecular formula is C7H12O2S. The lowest BCUT2D eigenvalue weighted by Gasteiger charge is -2.10. The first-order valence-corrected chi connectivity index (χ1v) is 4.79. The van der Waals surface area contributed by atoms with Gasteiger partial charge >= 0.3 is 0 Å². The van der Waals surface area contributed by atoms with Crippen molar-refractivity contribution in [2.45, 2.75) is 5.25 Å². The van der Waals surface area contributed by atoms with E-state index >= 15 is 0 Å². The Labute approximate surface area is 65.3 Å². The summed E-state index contributed by atoms with van der Waals surface area (Å²) < 4.78 is 10.8. The molecule has 0 bridgehead atoms. The molecule has 0 radical (unpaired) electrons. The fourth-order valence-electron chi connectivity index (χ4n) is 1.41. The highest BCUT2D eigenvalue weighted by Crippen LogP contribution is 2.28. The van der Waals surface area contributed by atoms with Gasteiger partial charge in [0.15, 0.2) is 0 Å². The third kappa shape index (κ3) is 1.31. The first-order chi connectivity index (χ1) is 4.97. The SMILES string of the molecule is C1CSC2COCC2CO1.